The highest BCUT2D eigenvalue weighted by Gasteiger charge is 2.48. The molecule has 0 aromatic carbocycles. The number of hydrogen-bond acceptors (Lipinski definition) is 8. The fourth-order valence-electron chi connectivity index (χ4n) is 7.11. The number of anilines is 1. The Bertz CT molecular complexity index is 1450. The summed E-state index contributed by atoms with van der Waals surface area (Å²) >= 11 is 1.17. The van der Waals surface area contributed by atoms with Crippen LogP contribution in [0.5, 0.6) is 0 Å². The molecule has 13 heteroatoms. The van der Waals surface area contributed by atoms with E-state index in [1.165, 1.54) is 41.6 Å². The van der Waals surface area contributed by atoms with Crippen LogP contribution in [-0.2, 0) is 25.7 Å². The summed E-state index contributed by atoms with van der Waals surface area (Å²) in [4.78, 5) is 81.4. The molecule has 0 unspecified atom stereocenters. The van der Waals surface area contributed by atoms with Gasteiger partial charge in [0.15, 0.2) is 5.01 Å². The van der Waals surface area contributed by atoms with Crippen LogP contribution in [0.1, 0.15) is 65.3 Å². The molecule has 4 fully saturated rings. The van der Waals surface area contributed by atoms with E-state index in [2.05, 4.69) is 26.3 Å². The standard InChI is InChI=1S/C30H38N6O6S/c1-15-16(2)43-29(32-15)28(41)33-21(6-7-23(37)27(40)31-3)26(39)34-22-5-4-8-36(30(22)42)14-24(38)35-25-19-10-17-9-18(12-19)13-20(25)11-17/h4-5,8,17-21,25H,6-7,9-14H2,1-3H3,(H,31,40)(H,33,41)(H,34,39)(H,35,38)/t17?,18?,19?,20?,21-,25?/m0/s1. The molecule has 4 aliphatic carbocycles. The number of pyridine rings is 1. The van der Waals surface area contributed by atoms with Gasteiger partial charge < -0.3 is 25.8 Å². The van der Waals surface area contributed by atoms with E-state index in [0.29, 0.717) is 17.5 Å². The van der Waals surface area contributed by atoms with Gasteiger partial charge >= 0.3 is 0 Å². The SMILES string of the molecule is CNC(=O)C(=O)CC[C@H](NC(=O)c1nc(C)c(C)s1)C(=O)Nc1cccn(CC(=O)NC2C3CC4CC(C3)CC2C4)c1=O. The van der Waals surface area contributed by atoms with Crippen LogP contribution in [0.2, 0.25) is 0 Å². The van der Waals surface area contributed by atoms with Gasteiger partial charge in [0.25, 0.3) is 17.4 Å². The Morgan fingerprint density at radius 1 is 1.05 bits per heavy atom. The summed E-state index contributed by atoms with van der Waals surface area (Å²) in [6.45, 7) is 3.40. The molecule has 0 aliphatic heterocycles. The highest BCUT2D eigenvalue weighted by Crippen LogP contribution is 2.53. The Morgan fingerprint density at radius 2 is 1.72 bits per heavy atom. The first-order valence-electron chi connectivity index (χ1n) is 14.8. The van der Waals surface area contributed by atoms with Crippen molar-refractivity contribution in [3.8, 4) is 0 Å². The maximum Gasteiger partial charge on any atom is 0.287 e. The maximum atomic E-state index is 13.3. The lowest BCUT2D eigenvalue weighted by Gasteiger charge is -2.54. The number of amides is 4. The van der Waals surface area contributed by atoms with Crippen LogP contribution in [0.4, 0.5) is 5.69 Å². The van der Waals surface area contributed by atoms with Crippen LogP contribution in [0, 0.1) is 37.5 Å². The molecule has 0 saturated heterocycles. The van der Waals surface area contributed by atoms with Crippen molar-refractivity contribution in [2.45, 2.75) is 77.4 Å². The lowest BCUT2D eigenvalue weighted by atomic mass is 9.54. The average molecular weight is 611 g/mol. The number of carbonyl (C=O) groups is 5. The first kappa shape index (κ1) is 30.6. The van der Waals surface area contributed by atoms with E-state index in [4.69, 9.17) is 0 Å². The van der Waals surface area contributed by atoms with Gasteiger partial charge in [0.05, 0.1) is 5.69 Å². The van der Waals surface area contributed by atoms with Gasteiger partial charge in [-0.1, -0.05) is 0 Å². The molecule has 4 aliphatic rings. The summed E-state index contributed by atoms with van der Waals surface area (Å²) in [7, 11) is 1.32. The largest absolute Gasteiger partial charge is 0.353 e. The van der Waals surface area contributed by atoms with Crippen molar-refractivity contribution in [3.05, 3.63) is 44.3 Å². The minimum absolute atomic E-state index is 0.0762. The van der Waals surface area contributed by atoms with Gasteiger partial charge in [-0.15, -0.1) is 11.3 Å². The van der Waals surface area contributed by atoms with Gasteiger partial charge in [0.1, 0.15) is 18.3 Å². The van der Waals surface area contributed by atoms with Crippen LogP contribution in [0.25, 0.3) is 0 Å². The third-order valence-corrected chi connectivity index (χ3v) is 10.2. The smallest absolute Gasteiger partial charge is 0.287 e. The molecule has 0 radical (unpaired) electrons. The predicted octanol–water partition coefficient (Wildman–Crippen LogP) is 1.69. The molecule has 4 saturated carbocycles. The lowest BCUT2D eigenvalue weighted by Crippen LogP contribution is -2.56. The molecule has 6 rings (SSSR count). The van der Waals surface area contributed by atoms with E-state index in [1.54, 1.807) is 13.0 Å². The summed E-state index contributed by atoms with van der Waals surface area (Å²) in [5.74, 6) is -0.582. The fraction of sp³-hybridized carbons (Fsp3) is 0.567. The molecule has 2 heterocycles. The van der Waals surface area contributed by atoms with E-state index in [9.17, 15) is 28.8 Å². The molecule has 4 bridgehead atoms. The van der Waals surface area contributed by atoms with Gasteiger partial charge in [-0.2, -0.15) is 0 Å². The van der Waals surface area contributed by atoms with Crippen molar-refractivity contribution >= 4 is 46.4 Å². The summed E-state index contributed by atoms with van der Waals surface area (Å²) in [6, 6.07) is 1.87. The number of thiazole rings is 1. The van der Waals surface area contributed by atoms with Crippen molar-refractivity contribution in [3.63, 3.8) is 0 Å². The Morgan fingerprint density at radius 3 is 2.33 bits per heavy atom. The number of nitrogens with zero attached hydrogens (tertiary/aromatic N) is 2. The number of ketones is 1. The van der Waals surface area contributed by atoms with Gasteiger partial charge in [-0.3, -0.25) is 28.8 Å². The Balaban J connectivity index is 1.25. The van der Waals surface area contributed by atoms with Gasteiger partial charge in [-0.25, -0.2) is 4.98 Å². The third-order valence-electron chi connectivity index (χ3n) is 9.13. The second-order valence-electron chi connectivity index (χ2n) is 12.1. The van der Waals surface area contributed by atoms with Crippen LogP contribution < -0.4 is 26.8 Å². The number of hydrogen-bond donors (Lipinski definition) is 4. The zero-order chi connectivity index (χ0) is 30.8. The zero-order valence-electron chi connectivity index (χ0n) is 24.6. The highest BCUT2D eigenvalue weighted by molar-refractivity contribution is 7.13. The van der Waals surface area contributed by atoms with Crippen molar-refractivity contribution < 1.29 is 24.0 Å². The summed E-state index contributed by atoms with van der Waals surface area (Å²) < 4.78 is 1.24. The van der Waals surface area contributed by atoms with Crippen molar-refractivity contribution in [2.75, 3.05) is 12.4 Å². The first-order chi connectivity index (χ1) is 20.5. The van der Waals surface area contributed by atoms with E-state index >= 15 is 0 Å². The molecule has 43 heavy (non-hydrogen) atoms. The first-order valence-corrected chi connectivity index (χ1v) is 15.6. The molecule has 12 nitrogen and oxygen atoms in total. The zero-order valence-corrected chi connectivity index (χ0v) is 25.4. The number of aromatic nitrogens is 2. The van der Waals surface area contributed by atoms with Crippen molar-refractivity contribution in [2.24, 2.45) is 23.7 Å². The van der Waals surface area contributed by atoms with Crippen LogP contribution in [0.3, 0.4) is 0 Å². The molecular formula is C30H38N6O6S. The summed E-state index contributed by atoms with van der Waals surface area (Å²) in [5, 5.41) is 10.7. The normalized spacial score (nSPS) is 24.2. The van der Waals surface area contributed by atoms with Crippen molar-refractivity contribution in [1.82, 2.24) is 25.5 Å². The number of rotatable bonds is 11. The van der Waals surface area contributed by atoms with Gasteiger partial charge in [0.2, 0.25) is 17.6 Å². The maximum absolute atomic E-state index is 13.3. The molecule has 4 amide bonds. The Hall–Kier alpha value is -3.87. The highest BCUT2D eigenvalue weighted by atomic mass is 32.1. The minimum Gasteiger partial charge on any atom is -0.353 e. The van der Waals surface area contributed by atoms with E-state index < -0.39 is 35.1 Å². The number of carbonyl (C=O) groups excluding carboxylic acids is 5. The fourth-order valence-corrected chi connectivity index (χ4v) is 7.93. The van der Waals surface area contributed by atoms with E-state index in [0.717, 1.165) is 42.4 Å². The van der Waals surface area contributed by atoms with Crippen molar-refractivity contribution in [1.29, 1.82) is 0 Å². The molecule has 4 N–H and O–H groups in total. The molecule has 1 atom stereocenters. The van der Waals surface area contributed by atoms with Crippen LogP contribution >= 0.6 is 11.3 Å². The molecule has 230 valence electrons. The number of nitrogens with one attached hydrogen (secondary N) is 4. The third kappa shape index (κ3) is 6.87. The average Bonchev–Trinajstić information content (AvgIpc) is 3.31. The topological polar surface area (TPSA) is 168 Å². The van der Waals surface area contributed by atoms with E-state index in [-0.39, 0.29) is 42.0 Å². The van der Waals surface area contributed by atoms with Gasteiger partial charge in [0, 0.05) is 30.6 Å². The molecule has 2 aromatic rings. The second-order valence-corrected chi connectivity index (χ2v) is 13.3. The minimum atomic E-state index is -1.24. The number of likely N-dealkylation sites (N-methyl/N-ethyl adjacent to an activating group) is 1. The quantitative estimate of drug-likeness (QED) is 0.281. The molecule has 0 spiro atoms. The molecular weight excluding hydrogens is 572 g/mol. The lowest BCUT2D eigenvalue weighted by molar-refractivity contribution is -0.137. The Labute approximate surface area is 253 Å². The van der Waals surface area contributed by atoms with Gasteiger partial charge in [-0.05, 0) is 88.2 Å². The van der Waals surface area contributed by atoms with Crippen LogP contribution in [0.15, 0.2) is 23.1 Å². The number of aryl methyl sites for hydroxylation is 2. The summed E-state index contributed by atoms with van der Waals surface area (Å²) in [5.41, 5.74) is 0.0321. The second kappa shape index (κ2) is 12.8. The van der Waals surface area contributed by atoms with Crippen LogP contribution in [-0.4, -0.2) is 58.1 Å². The predicted molar refractivity (Wildman–Crippen MR) is 159 cm³/mol. The summed E-state index contributed by atoms with van der Waals surface area (Å²) in [6.07, 6.45) is 6.96. The monoisotopic (exact) mass is 610 g/mol. The van der Waals surface area contributed by atoms with E-state index in [1.807, 2.05) is 6.92 Å². The number of Topliss-reactive ketones (excluding diaryl/α,β-unsaturated/α-hetero) is 1. The molecule has 2 aromatic heterocycles. The Kier molecular flexibility index (Phi) is 9.09.